The first-order valence-corrected chi connectivity index (χ1v) is 5.82. The third kappa shape index (κ3) is 3.18. The number of benzene rings is 2. The van der Waals surface area contributed by atoms with Gasteiger partial charge in [-0.3, -0.25) is 4.79 Å². The Balaban J connectivity index is 2.04. The molecule has 0 saturated heterocycles. The van der Waals surface area contributed by atoms with Crippen LogP contribution in [0.1, 0.15) is 5.56 Å². The van der Waals surface area contributed by atoms with Crippen LogP contribution in [0.15, 0.2) is 48.5 Å². The van der Waals surface area contributed by atoms with Gasteiger partial charge < -0.3 is 11.1 Å². The van der Waals surface area contributed by atoms with Crippen molar-refractivity contribution in [3.05, 3.63) is 60.2 Å². The SMILES string of the molecule is NCC(=O)NCc1ccc(-c2c[c]ccc2)cc1. The lowest BCUT2D eigenvalue weighted by atomic mass is 10.0. The van der Waals surface area contributed by atoms with E-state index in [1.807, 2.05) is 48.5 Å². The van der Waals surface area contributed by atoms with Gasteiger partial charge in [0.15, 0.2) is 0 Å². The molecule has 3 nitrogen and oxygen atoms in total. The molecule has 0 saturated carbocycles. The lowest BCUT2D eigenvalue weighted by molar-refractivity contribution is -0.119. The topological polar surface area (TPSA) is 55.1 Å². The van der Waals surface area contributed by atoms with Crippen LogP contribution in [0.3, 0.4) is 0 Å². The Bertz CT molecular complexity index is 506. The van der Waals surface area contributed by atoms with E-state index in [0.29, 0.717) is 6.54 Å². The average Bonchev–Trinajstić information content (AvgIpc) is 2.46. The van der Waals surface area contributed by atoms with Gasteiger partial charge in [0.05, 0.1) is 6.54 Å². The van der Waals surface area contributed by atoms with E-state index >= 15 is 0 Å². The van der Waals surface area contributed by atoms with Crippen LogP contribution >= 0.6 is 0 Å². The second kappa shape index (κ2) is 5.98. The zero-order valence-corrected chi connectivity index (χ0v) is 10.0. The van der Waals surface area contributed by atoms with E-state index in [0.717, 1.165) is 16.7 Å². The molecule has 2 aromatic carbocycles. The fourth-order valence-electron chi connectivity index (χ4n) is 1.66. The molecule has 0 aliphatic carbocycles. The second-order valence-electron chi connectivity index (χ2n) is 3.97. The van der Waals surface area contributed by atoms with E-state index in [2.05, 4.69) is 11.4 Å². The maximum absolute atomic E-state index is 11.0. The molecule has 18 heavy (non-hydrogen) atoms. The third-order valence-corrected chi connectivity index (χ3v) is 2.67. The second-order valence-corrected chi connectivity index (χ2v) is 3.97. The summed E-state index contributed by atoms with van der Waals surface area (Å²) in [5.41, 5.74) is 8.55. The smallest absolute Gasteiger partial charge is 0.234 e. The van der Waals surface area contributed by atoms with E-state index in [9.17, 15) is 4.79 Å². The quantitative estimate of drug-likeness (QED) is 0.853. The first-order valence-electron chi connectivity index (χ1n) is 5.82. The summed E-state index contributed by atoms with van der Waals surface area (Å²) < 4.78 is 0. The first-order chi connectivity index (χ1) is 8.79. The first kappa shape index (κ1) is 12.3. The Morgan fingerprint density at radius 3 is 2.56 bits per heavy atom. The Morgan fingerprint density at radius 2 is 1.94 bits per heavy atom. The predicted octanol–water partition coefficient (Wildman–Crippen LogP) is 1.73. The van der Waals surface area contributed by atoms with Gasteiger partial charge in [0, 0.05) is 6.54 Å². The van der Waals surface area contributed by atoms with Gasteiger partial charge in [0.25, 0.3) is 0 Å². The summed E-state index contributed by atoms with van der Waals surface area (Å²) in [5, 5.41) is 2.74. The van der Waals surface area contributed by atoms with Crippen LogP contribution in [-0.2, 0) is 11.3 Å². The van der Waals surface area contributed by atoms with Gasteiger partial charge in [-0.05, 0) is 28.8 Å². The molecule has 0 unspecified atom stereocenters. The van der Waals surface area contributed by atoms with Gasteiger partial charge in [-0.1, -0.05) is 42.5 Å². The number of hydrogen-bond acceptors (Lipinski definition) is 2. The minimum atomic E-state index is -0.142. The minimum absolute atomic E-state index is 0.0257. The van der Waals surface area contributed by atoms with Crippen molar-refractivity contribution in [2.24, 2.45) is 5.73 Å². The van der Waals surface area contributed by atoms with Gasteiger partial charge >= 0.3 is 0 Å². The molecule has 91 valence electrons. The maximum Gasteiger partial charge on any atom is 0.234 e. The highest BCUT2D eigenvalue weighted by molar-refractivity contribution is 5.77. The molecule has 1 radical (unpaired) electrons. The summed E-state index contributed by atoms with van der Waals surface area (Å²) in [4.78, 5) is 11.0. The van der Waals surface area contributed by atoms with Crippen LogP contribution in [0.2, 0.25) is 0 Å². The Labute approximate surface area is 107 Å². The number of rotatable bonds is 4. The third-order valence-electron chi connectivity index (χ3n) is 2.67. The molecule has 3 N–H and O–H groups in total. The molecule has 0 atom stereocenters. The van der Waals surface area contributed by atoms with Crippen LogP contribution in [0, 0.1) is 6.07 Å². The zero-order chi connectivity index (χ0) is 12.8. The highest BCUT2D eigenvalue weighted by Crippen LogP contribution is 2.18. The van der Waals surface area contributed by atoms with Crippen LogP contribution in [0.5, 0.6) is 0 Å². The largest absolute Gasteiger partial charge is 0.351 e. The number of carbonyl (C=O) groups excluding carboxylic acids is 1. The summed E-state index contributed by atoms with van der Waals surface area (Å²) in [7, 11) is 0. The molecular weight excluding hydrogens is 224 g/mol. The average molecular weight is 239 g/mol. The molecular formula is C15H15N2O. The van der Waals surface area contributed by atoms with Gasteiger partial charge in [-0.15, -0.1) is 0 Å². The van der Waals surface area contributed by atoms with Crippen molar-refractivity contribution in [1.82, 2.24) is 5.32 Å². The Morgan fingerprint density at radius 1 is 1.17 bits per heavy atom. The molecule has 0 aliphatic rings. The molecule has 0 spiro atoms. The number of carbonyl (C=O) groups is 1. The van der Waals surface area contributed by atoms with Crippen LogP contribution in [0.25, 0.3) is 11.1 Å². The van der Waals surface area contributed by atoms with Gasteiger partial charge in [-0.2, -0.15) is 0 Å². The van der Waals surface area contributed by atoms with Crippen LogP contribution in [0.4, 0.5) is 0 Å². The Hall–Kier alpha value is -2.13. The monoisotopic (exact) mass is 239 g/mol. The number of nitrogens with one attached hydrogen (secondary N) is 1. The van der Waals surface area contributed by atoms with Crippen molar-refractivity contribution in [1.29, 1.82) is 0 Å². The van der Waals surface area contributed by atoms with Crippen molar-refractivity contribution >= 4 is 5.91 Å². The van der Waals surface area contributed by atoms with Crippen molar-refractivity contribution in [3.63, 3.8) is 0 Å². The normalized spacial score (nSPS) is 10.1. The van der Waals surface area contributed by atoms with Crippen molar-refractivity contribution in [3.8, 4) is 11.1 Å². The summed E-state index contributed by atoms with van der Waals surface area (Å²) in [6.45, 7) is 0.537. The lowest BCUT2D eigenvalue weighted by Gasteiger charge is -2.05. The molecule has 0 aliphatic heterocycles. The van der Waals surface area contributed by atoms with E-state index in [1.54, 1.807) is 0 Å². The summed E-state index contributed by atoms with van der Waals surface area (Å²) in [6, 6.07) is 19.0. The number of hydrogen-bond donors (Lipinski definition) is 2. The van der Waals surface area contributed by atoms with E-state index in [-0.39, 0.29) is 12.5 Å². The molecule has 3 heteroatoms. The molecule has 0 aromatic heterocycles. The van der Waals surface area contributed by atoms with Crippen molar-refractivity contribution in [2.75, 3.05) is 6.54 Å². The zero-order valence-electron chi connectivity index (χ0n) is 10.0. The molecule has 0 fully saturated rings. The highest BCUT2D eigenvalue weighted by Gasteiger charge is 1.99. The molecule has 2 aromatic rings. The Kier molecular flexibility index (Phi) is 4.10. The summed E-state index contributed by atoms with van der Waals surface area (Å²) in [6.07, 6.45) is 0. The summed E-state index contributed by atoms with van der Waals surface area (Å²) in [5.74, 6) is -0.142. The van der Waals surface area contributed by atoms with Crippen LogP contribution < -0.4 is 11.1 Å². The summed E-state index contributed by atoms with van der Waals surface area (Å²) >= 11 is 0. The van der Waals surface area contributed by atoms with Crippen LogP contribution in [-0.4, -0.2) is 12.5 Å². The van der Waals surface area contributed by atoms with Crippen molar-refractivity contribution in [2.45, 2.75) is 6.54 Å². The van der Waals surface area contributed by atoms with Gasteiger partial charge in [0.2, 0.25) is 5.91 Å². The molecule has 2 rings (SSSR count). The fraction of sp³-hybridized carbons (Fsp3) is 0.133. The maximum atomic E-state index is 11.0. The van der Waals surface area contributed by atoms with Crippen molar-refractivity contribution < 1.29 is 4.79 Å². The molecule has 0 heterocycles. The number of nitrogens with two attached hydrogens (primary N) is 1. The van der Waals surface area contributed by atoms with E-state index in [4.69, 9.17) is 5.73 Å². The number of amides is 1. The van der Waals surface area contributed by atoms with E-state index < -0.39 is 0 Å². The van der Waals surface area contributed by atoms with Gasteiger partial charge in [-0.25, -0.2) is 0 Å². The lowest BCUT2D eigenvalue weighted by Crippen LogP contribution is -2.29. The minimum Gasteiger partial charge on any atom is -0.351 e. The highest BCUT2D eigenvalue weighted by atomic mass is 16.1. The predicted molar refractivity (Wildman–Crippen MR) is 71.6 cm³/mol. The fourth-order valence-corrected chi connectivity index (χ4v) is 1.66. The van der Waals surface area contributed by atoms with E-state index in [1.165, 1.54) is 0 Å². The van der Waals surface area contributed by atoms with Gasteiger partial charge in [0.1, 0.15) is 0 Å². The molecule has 0 bridgehead atoms. The standard InChI is InChI=1S/C15H15N2O/c16-10-15(18)17-11-12-6-8-14(9-7-12)13-4-2-1-3-5-13/h1-2,4-9H,10-11,16H2,(H,17,18). The molecule has 1 amide bonds.